The van der Waals surface area contributed by atoms with Crippen LogP contribution in [-0.2, 0) is 6.54 Å². The molecule has 1 saturated heterocycles. The lowest BCUT2D eigenvalue weighted by Crippen LogP contribution is -2.38. The number of carbonyl (C=O) groups is 1. The van der Waals surface area contributed by atoms with Gasteiger partial charge in [-0.15, -0.1) is 10.2 Å². The van der Waals surface area contributed by atoms with E-state index in [2.05, 4.69) is 10.2 Å². The zero-order valence-corrected chi connectivity index (χ0v) is 15.6. The van der Waals surface area contributed by atoms with Gasteiger partial charge >= 0.3 is 0 Å². The van der Waals surface area contributed by atoms with Gasteiger partial charge in [-0.05, 0) is 58.0 Å². The van der Waals surface area contributed by atoms with Crippen LogP contribution in [0, 0.1) is 6.92 Å². The minimum Gasteiger partial charge on any atom is -0.422 e. The minimum atomic E-state index is -0.176. The van der Waals surface area contributed by atoms with Gasteiger partial charge in [0.05, 0.1) is 6.54 Å². The first-order valence-electron chi connectivity index (χ1n) is 8.50. The van der Waals surface area contributed by atoms with Gasteiger partial charge in [-0.3, -0.25) is 4.79 Å². The van der Waals surface area contributed by atoms with Gasteiger partial charge in [-0.25, -0.2) is 0 Å². The zero-order chi connectivity index (χ0) is 18.0. The molecule has 7 heteroatoms. The molecule has 1 aromatic carbocycles. The van der Waals surface area contributed by atoms with Crippen LogP contribution in [0.2, 0.25) is 5.02 Å². The fraction of sp³-hybridized carbons (Fsp3) is 0.500. The number of amides is 1. The summed E-state index contributed by atoms with van der Waals surface area (Å²) < 4.78 is 5.81. The quantitative estimate of drug-likeness (QED) is 0.833. The fourth-order valence-electron chi connectivity index (χ4n) is 3.06. The lowest BCUT2D eigenvalue weighted by molar-refractivity contribution is 0.0568. The maximum absolute atomic E-state index is 13.0. The second-order valence-electron chi connectivity index (χ2n) is 6.75. The van der Waals surface area contributed by atoms with Gasteiger partial charge < -0.3 is 14.2 Å². The summed E-state index contributed by atoms with van der Waals surface area (Å²) in [5, 5.41) is 8.90. The van der Waals surface area contributed by atoms with Crippen LogP contribution < -0.4 is 0 Å². The van der Waals surface area contributed by atoms with E-state index in [4.69, 9.17) is 16.0 Å². The maximum atomic E-state index is 13.0. The van der Waals surface area contributed by atoms with Crippen LogP contribution in [0.5, 0.6) is 0 Å². The molecule has 1 fully saturated rings. The molecule has 3 rings (SSSR count). The molecule has 2 heterocycles. The molecule has 0 radical (unpaired) electrons. The van der Waals surface area contributed by atoms with E-state index in [1.54, 1.807) is 6.07 Å². The van der Waals surface area contributed by atoms with E-state index >= 15 is 0 Å². The monoisotopic (exact) mass is 362 g/mol. The lowest BCUT2D eigenvalue weighted by atomic mass is 10.0. The van der Waals surface area contributed by atoms with E-state index in [0.717, 1.165) is 24.8 Å². The number of halogens is 1. The molecular formula is C18H23ClN4O2. The highest BCUT2D eigenvalue weighted by molar-refractivity contribution is 6.31. The van der Waals surface area contributed by atoms with Crippen molar-refractivity contribution in [2.45, 2.75) is 38.8 Å². The summed E-state index contributed by atoms with van der Waals surface area (Å²) in [6.07, 6.45) is 2.84. The van der Waals surface area contributed by atoms with Crippen molar-refractivity contribution in [2.24, 2.45) is 0 Å². The molecule has 0 unspecified atom stereocenters. The van der Waals surface area contributed by atoms with Crippen LogP contribution in [0.15, 0.2) is 22.6 Å². The Morgan fingerprint density at radius 3 is 2.88 bits per heavy atom. The molecule has 0 saturated carbocycles. The molecule has 1 aromatic heterocycles. The topological polar surface area (TPSA) is 62.5 Å². The molecule has 2 aromatic rings. The van der Waals surface area contributed by atoms with E-state index in [9.17, 15) is 4.79 Å². The van der Waals surface area contributed by atoms with Crippen LogP contribution >= 0.6 is 11.6 Å². The summed E-state index contributed by atoms with van der Waals surface area (Å²) in [5.74, 6) is 1.04. The zero-order valence-electron chi connectivity index (χ0n) is 14.8. The number of piperidine rings is 1. The molecule has 0 bridgehead atoms. The Bertz CT molecular complexity index is 759. The molecule has 0 aliphatic carbocycles. The predicted molar refractivity (Wildman–Crippen MR) is 95.5 cm³/mol. The van der Waals surface area contributed by atoms with Crippen molar-refractivity contribution < 1.29 is 9.21 Å². The second-order valence-corrected chi connectivity index (χ2v) is 7.15. The van der Waals surface area contributed by atoms with Crippen molar-refractivity contribution >= 4 is 17.5 Å². The molecule has 0 spiro atoms. The molecule has 1 aliphatic rings. The summed E-state index contributed by atoms with van der Waals surface area (Å²) in [5.41, 5.74) is 1.55. The number of hydrogen-bond acceptors (Lipinski definition) is 5. The summed E-state index contributed by atoms with van der Waals surface area (Å²) in [4.78, 5) is 16.8. The summed E-state index contributed by atoms with van der Waals surface area (Å²) in [7, 11) is 3.89. The van der Waals surface area contributed by atoms with Gasteiger partial charge in [0.1, 0.15) is 6.04 Å². The maximum Gasteiger partial charge on any atom is 0.254 e. The number of aromatic nitrogens is 2. The van der Waals surface area contributed by atoms with E-state index < -0.39 is 0 Å². The molecule has 6 nitrogen and oxygen atoms in total. The van der Waals surface area contributed by atoms with Gasteiger partial charge in [-0.2, -0.15) is 0 Å². The van der Waals surface area contributed by atoms with Crippen LogP contribution in [0.4, 0.5) is 0 Å². The lowest BCUT2D eigenvalue weighted by Gasteiger charge is -2.33. The molecule has 1 aliphatic heterocycles. The van der Waals surface area contributed by atoms with Crippen LogP contribution in [0.1, 0.15) is 53.0 Å². The van der Waals surface area contributed by atoms with Crippen molar-refractivity contribution in [1.82, 2.24) is 20.0 Å². The Kier molecular flexibility index (Phi) is 5.39. The molecule has 1 amide bonds. The Balaban J connectivity index is 1.84. The third-order valence-corrected chi connectivity index (χ3v) is 4.81. The largest absolute Gasteiger partial charge is 0.422 e. The molecule has 25 heavy (non-hydrogen) atoms. The van der Waals surface area contributed by atoms with Crippen LogP contribution in [0.25, 0.3) is 0 Å². The number of rotatable bonds is 4. The third kappa shape index (κ3) is 4.02. The van der Waals surface area contributed by atoms with Gasteiger partial charge in [0.25, 0.3) is 5.91 Å². The number of hydrogen-bond donors (Lipinski definition) is 0. The van der Waals surface area contributed by atoms with E-state index in [0.29, 0.717) is 35.5 Å². The number of likely N-dealkylation sites (tertiary alicyclic amines) is 1. The van der Waals surface area contributed by atoms with Crippen molar-refractivity contribution in [3.63, 3.8) is 0 Å². The summed E-state index contributed by atoms with van der Waals surface area (Å²) >= 11 is 6.19. The summed E-state index contributed by atoms with van der Waals surface area (Å²) in [6, 6.07) is 5.25. The van der Waals surface area contributed by atoms with Gasteiger partial charge in [-0.1, -0.05) is 17.7 Å². The highest BCUT2D eigenvalue weighted by Crippen LogP contribution is 2.32. The Hall–Kier alpha value is -1.92. The van der Waals surface area contributed by atoms with Gasteiger partial charge in [0.15, 0.2) is 0 Å². The van der Waals surface area contributed by atoms with E-state index in [-0.39, 0.29) is 11.9 Å². The SMILES string of the molecule is Cc1ccc(C(=O)N2CCCC[C@H]2c2nnc(CN(C)C)o2)cc1Cl. The average molecular weight is 363 g/mol. The normalized spacial score (nSPS) is 18.0. The second kappa shape index (κ2) is 7.54. The van der Waals surface area contributed by atoms with Gasteiger partial charge in [0, 0.05) is 17.1 Å². The number of benzene rings is 1. The van der Waals surface area contributed by atoms with Crippen molar-refractivity contribution in [3.8, 4) is 0 Å². The van der Waals surface area contributed by atoms with Crippen LogP contribution in [-0.4, -0.2) is 46.5 Å². The smallest absolute Gasteiger partial charge is 0.254 e. The highest BCUT2D eigenvalue weighted by atomic mass is 35.5. The van der Waals surface area contributed by atoms with E-state index in [1.807, 2.05) is 43.0 Å². The highest BCUT2D eigenvalue weighted by Gasteiger charge is 2.32. The minimum absolute atomic E-state index is 0.0426. The summed E-state index contributed by atoms with van der Waals surface area (Å²) in [6.45, 7) is 3.19. The standard InChI is InChI=1S/C18H23ClN4O2/c1-12-7-8-13(10-14(12)19)18(24)23-9-5-4-6-15(23)17-21-20-16(25-17)11-22(2)3/h7-8,10,15H,4-6,9,11H2,1-3H3/t15-/m0/s1. The van der Waals surface area contributed by atoms with Crippen molar-refractivity contribution in [2.75, 3.05) is 20.6 Å². The first-order chi connectivity index (χ1) is 12.0. The van der Waals surface area contributed by atoms with Crippen molar-refractivity contribution in [3.05, 3.63) is 46.1 Å². The van der Waals surface area contributed by atoms with E-state index in [1.165, 1.54) is 0 Å². The average Bonchev–Trinajstić information content (AvgIpc) is 3.04. The first-order valence-corrected chi connectivity index (χ1v) is 8.87. The molecule has 0 N–H and O–H groups in total. The Morgan fingerprint density at radius 2 is 2.16 bits per heavy atom. The van der Waals surface area contributed by atoms with Crippen molar-refractivity contribution in [1.29, 1.82) is 0 Å². The fourth-order valence-corrected chi connectivity index (χ4v) is 3.24. The Morgan fingerprint density at radius 1 is 1.36 bits per heavy atom. The molecule has 1 atom stereocenters. The predicted octanol–water partition coefficient (Wildman–Crippen LogP) is 3.46. The Labute approximate surface area is 152 Å². The first kappa shape index (κ1) is 17.9. The number of aryl methyl sites for hydroxylation is 1. The van der Waals surface area contributed by atoms with Crippen LogP contribution in [0.3, 0.4) is 0 Å². The third-order valence-electron chi connectivity index (χ3n) is 4.40. The molecule has 134 valence electrons. The molecular weight excluding hydrogens is 340 g/mol. The number of carbonyl (C=O) groups excluding carboxylic acids is 1. The number of nitrogens with zero attached hydrogens (tertiary/aromatic N) is 4. The van der Waals surface area contributed by atoms with Gasteiger partial charge in [0.2, 0.25) is 11.8 Å².